The average Bonchev–Trinajstić information content (AvgIpc) is 2.84. The van der Waals surface area contributed by atoms with Crippen molar-refractivity contribution < 1.29 is 0 Å². The van der Waals surface area contributed by atoms with Crippen molar-refractivity contribution in [3.63, 3.8) is 0 Å². The van der Waals surface area contributed by atoms with Gasteiger partial charge in [-0.2, -0.15) is 0 Å². The van der Waals surface area contributed by atoms with Crippen molar-refractivity contribution in [3.05, 3.63) is 140 Å². The maximum atomic E-state index is 2.48. The lowest BCUT2D eigenvalue weighted by Crippen LogP contribution is -2.25. The molecule has 0 radical (unpaired) electrons. The van der Waals surface area contributed by atoms with Crippen LogP contribution in [0.3, 0.4) is 0 Å². The Morgan fingerprint density at radius 2 is 1.39 bits per heavy atom. The second-order valence-electron chi connectivity index (χ2n) is 8.89. The highest BCUT2D eigenvalue weighted by atomic mass is 14.3. The van der Waals surface area contributed by atoms with Gasteiger partial charge in [0.15, 0.2) is 0 Å². The first-order valence-electron chi connectivity index (χ1n) is 11.4. The van der Waals surface area contributed by atoms with E-state index in [1.54, 1.807) is 5.56 Å². The van der Waals surface area contributed by atoms with Crippen molar-refractivity contribution in [2.24, 2.45) is 0 Å². The summed E-state index contributed by atoms with van der Waals surface area (Å²) >= 11 is 0. The second kappa shape index (κ2) is 7.39. The van der Waals surface area contributed by atoms with Gasteiger partial charge < -0.3 is 0 Å². The zero-order valence-corrected chi connectivity index (χ0v) is 17.9. The van der Waals surface area contributed by atoms with Gasteiger partial charge in [0.05, 0.1) is 0 Å². The van der Waals surface area contributed by atoms with E-state index in [-0.39, 0.29) is 0 Å². The summed E-state index contributed by atoms with van der Waals surface area (Å²) in [6, 6.07) is 33.8. The van der Waals surface area contributed by atoms with Crippen molar-refractivity contribution in [1.29, 1.82) is 0 Å². The van der Waals surface area contributed by atoms with Crippen LogP contribution >= 0.6 is 0 Å². The lowest BCUT2D eigenvalue weighted by atomic mass is 9.78. The lowest BCUT2D eigenvalue weighted by molar-refractivity contribution is 0.801. The van der Waals surface area contributed by atoms with E-state index in [9.17, 15) is 0 Å². The minimum absolute atomic E-state index is 0.304. The Kier molecular flexibility index (Phi) is 4.39. The van der Waals surface area contributed by atoms with E-state index in [1.807, 2.05) is 0 Å². The largest absolute Gasteiger partial charge is 0.0647 e. The molecule has 0 aliphatic heterocycles. The van der Waals surface area contributed by atoms with Crippen molar-refractivity contribution in [2.45, 2.75) is 32.1 Å². The maximum absolute atomic E-state index is 2.48. The Labute approximate surface area is 183 Å². The van der Waals surface area contributed by atoms with Crippen LogP contribution in [-0.2, 0) is 6.42 Å². The quantitative estimate of drug-likeness (QED) is 0.404. The maximum Gasteiger partial charge on any atom is 0.0287 e. The molecular formula is C31H26. The Balaban J connectivity index is 1.73. The summed E-state index contributed by atoms with van der Waals surface area (Å²) in [5, 5.41) is 5.59. The van der Waals surface area contributed by atoms with Crippen LogP contribution in [0.1, 0.15) is 46.6 Å². The van der Waals surface area contributed by atoms with Crippen molar-refractivity contribution in [2.75, 3.05) is 0 Å². The first-order chi connectivity index (χ1) is 15.3. The first-order valence-corrected chi connectivity index (χ1v) is 11.4. The highest BCUT2D eigenvalue weighted by molar-refractivity contribution is 5.69. The molecule has 0 bridgehead atoms. The molecule has 0 spiro atoms. The van der Waals surface area contributed by atoms with Gasteiger partial charge >= 0.3 is 0 Å². The highest BCUT2D eigenvalue weighted by Gasteiger charge is 2.23. The fourth-order valence-corrected chi connectivity index (χ4v) is 5.51. The molecule has 0 nitrogen and oxygen atoms in total. The lowest BCUT2D eigenvalue weighted by Gasteiger charge is -2.26. The minimum Gasteiger partial charge on any atom is -0.0647 e. The van der Waals surface area contributed by atoms with Crippen LogP contribution in [0.4, 0.5) is 0 Å². The summed E-state index contributed by atoms with van der Waals surface area (Å²) < 4.78 is 0. The second-order valence-corrected chi connectivity index (χ2v) is 8.89. The third-order valence-corrected chi connectivity index (χ3v) is 7.00. The van der Waals surface area contributed by atoms with Gasteiger partial charge in [-0.1, -0.05) is 103 Å². The summed E-state index contributed by atoms with van der Waals surface area (Å²) in [6.45, 7) is 2.16. The van der Waals surface area contributed by atoms with Crippen molar-refractivity contribution in [3.8, 4) is 0 Å². The molecule has 150 valence electrons. The molecule has 6 rings (SSSR count). The van der Waals surface area contributed by atoms with Crippen molar-refractivity contribution >= 4 is 11.6 Å². The predicted octanol–water partition coefficient (Wildman–Crippen LogP) is 5.74. The van der Waals surface area contributed by atoms with Crippen LogP contribution in [0, 0.1) is 17.4 Å². The van der Waals surface area contributed by atoms with Gasteiger partial charge in [-0.05, 0) is 74.9 Å². The molecular weight excluding hydrogens is 372 g/mol. The van der Waals surface area contributed by atoms with E-state index in [0.717, 1.165) is 12.8 Å². The summed E-state index contributed by atoms with van der Waals surface area (Å²) in [4.78, 5) is 0. The Hall–Kier alpha value is -3.38. The number of benzene rings is 4. The van der Waals surface area contributed by atoms with Crippen LogP contribution in [-0.4, -0.2) is 0 Å². The third kappa shape index (κ3) is 3.06. The van der Waals surface area contributed by atoms with Gasteiger partial charge in [-0.15, -0.1) is 0 Å². The van der Waals surface area contributed by atoms with E-state index in [0.29, 0.717) is 5.92 Å². The molecule has 0 fully saturated rings. The first kappa shape index (κ1) is 18.4. The van der Waals surface area contributed by atoms with Crippen LogP contribution in [0.15, 0.2) is 91.0 Å². The van der Waals surface area contributed by atoms with E-state index in [4.69, 9.17) is 0 Å². The monoisotopic (exact) mass is 398 g/mol. The van der Waals surface area contributed by atoms with Gasteiger partial charge in [-0.25, -0.2) is 0 Å². The molecule has 0 saturated heterocycles. The van der Waals surface area contributed by atoms with Crippen LogP contribution in [0.5, 0.6) is 0 Å². The average molecular weight is 399 g/mol. The zero-order chi connectivity index (χ0) is 20.8. The summed E-state index contributed by atoms with van der Waals surface area (Å²) in [6.07, 6.45) is 6.02. The van der Waals surface area contributed by atoms with E-state index < -0.39 is 0 Å². The molecule has 0 aromatic heterocycles. The number of rotatable bonds is 2. The molecule has 2 aliphatic rings. The number of hydrogen-bond acceptors (Lipinski definition) is 0. The normalized spacial score (nSPS) is 16.7. The number of aryl methyl sites for hydroxylation is 1. The Morgan fingerprint density at radius 3 is 2.23 bits per heavy atom. The van der Waals surface area contributed by atoms with Crippen LogP contribution < -0.4 is 10.4 Å². The minimum atomic E-state index is 0.304. The SMILES string of the molecule is Cc1ccc(C2=c3ccc4c(c3CCC2)C(c2ccccc2)C=c2ccccc2=4)cc1. The molecule has 4 aromatic rings. The summed E-state index contributed by atoms with van der Waals surface area (Å²) in [7, 11) is 0. The molecule has 1 atom stereocenters. The van der Waals surface area contributed by atoms with Crippen molar-refractivity contribution in [1.82, 2.24) is 0 Å². The summed E-state index contributed by atoms with van der Waals surface area (Å²) in [5.41, 5.74) is 8.67. The van der Waals surface area contributed by atoms with E-state index in [1.165, 1.54) is 55.1 Å². The fraction of sp³-hybridized carbons (Fsp3) is 0.161. The Morgan fingerprint density at radius 1 is 0.645 bits per heavy atom. The molecule has 4 aromatic carbocycles. The smallest absolute Gasteiger partial charge is 0.0287 e. The molecule has 0 heterocycles. The molecule has 1 unspecified atom stereocenters. The molecule has 2 aliphatic carbocycles. The zero-order valence-electron chi connectivity index (χ0n) is 17.9. The van der Waals surface area contributed by atoms with Crippen LogP contribution in [0.25, 0.3) is 11.6 Å². The van der Waals surface area contributed by atoms with Gasteiger partial charge in [0.2, 0.25) is 0 Å². The highest BCUT2D eigenvalue weighted by Crippen LogP contribution is 2.34. The Bertz CT molecular complexity index is 1490. The van der Waals surface area contributed by atoms with Gasteiger partial charge in [0.1, 0.15) is 0 Å². The van der Waals surface area contributed by atoms with E-state index >= 15 is 0 Å². The summed E-state index contributed by atoms with van der Waals surface area (Å²) in [5.74, 6) is 0.304. The van der Waals surface area contributed by atoms with Gasteiger partial charge in [0, 0.05) is 5.92 Å². The fourth-order valence-electron chi connectivity index (χ4n) is 5.51. The van der Waals surface area contributed by atoms with Gasteiger partial charge in [0.25, 0.3) is 0 Å². The molecule has 31 heavy (non-hydrogen) atoms. The number of fused-ring (bicyclic) bond motifs is 4. The van der Waals surface area contributed by atoms with Gasteiger partial charge in [-0.3, -0.25) is 0 Å². The molecule has 0 amide bonds. The standard InChI is InChI=1S/C31H26/c1-21-14-16-23(17-15-21)25-12-7-13-28-27(25)18-19-29-26-11-6-5-10-24(26)20-30(31(28)29)22-8-3-2-4-9-22/h2-6,8-11,14-20,30H,7,12-13H2,1H3. The molecule has 0 heteroatoms. The van der Waals surface area contributed by atoms with Crippen LogP contribution in [0.2, 0.25) is 0 Å². The number of hydrogen-bond donors (Lipinski definition) is 0. The molecule has 0 saturated carbocycles. The third-order valence-electron chi connectivity index (χ3n) is 7.00. The predicted molar refractivity (Wildman–Crippen MR) is 129 cm³/mol. The molecule has 0 N–H and O–H groups in total. The topological polar surface area (TPSA) is 0 Å². The van der Waals surface area contributed by atoms with E-state index in [2.05, 4.69) is 104 Å².